The number of hydrogen-bond acceptors (Lipinski definition) is 5. The lowest BCUT2D eigenvalue weighted by Crippen LogP contribution is -2.47. The molecule has 1 aliphatic heterocycles. The highest BCUT2D eigenvalue weighted by Crippen LogP contribution is 2.35. The fraction of sp³-hybridized carbons (Fsp3) is 0.533. The van der Waals surface area contributed by atoms with E-state index in [0.717, 1.165) is 13.1 Å². The predicted molar refractivity (Wildman–Crippen MR) is 79.5 cm³/mol. The van der Waals surface area contributed by atoms with Gasteiger partial charge in [-0.05, 0) is 7.05 Å². The fourth-order valence-corrected chi connectivity index (χ4v) is 2.38. The standard InChI is InChI=1S/C15H22N2O4/c1-16-5-7-17(8-6-16)15(18)11-9-13(20-3)14(21-4)10-12(11)19-2/h9-10H,5-8H2,1-4H3. The van der Waals surface area contributed by atoms with E-state index in [2.05, 4.69) is 11.9 Å². The molecule has 6 nitrogen and oxygen atoms in total. The van der Waals surface area contributed by atoms with Gasteiger partial charge in [0.25, 0.3) is 5.91 Å². The van der Waals surface area contributed by atoms with E-state index >= 15 is 0 Å². The van der Waals surface area contributed by atoms with Crippen molar-refractivity contribution in [3.63, 3.8) is 0 Å². The molecule has 6 heteroatoms. The van der Waals surface area contributed by atoms with Crippen LogP contribution in [0.2, 0.25) is 0 Å². The Kier molecular flexibility index (Phi) is 4.90. The molecule has 1 amide bonds. The van der Waals surface area contributed by atoms with Crippen molar-refractivity contribution in [2.45, 2.75) is 0 Å². The highest BCUT2D eigenvalue weighted by molar-refractivity contribution is 5.98. The first-order valence-corrected chi connectivity index (χ1v) is 6.88. The van der Waals surface area contributed by atoms with Gasteiger partial charge in [-0.2, -0.15) is 0 Å². The van der Waals surface area contributed by atoms with E-state index in [9.17, 15) is 4.79 Å². The SMILES string of the molecule is COc1cc(OC)c(C(=O)N2CCN(C)CC2)cc1OC. The number of hydrogen-bond donors (Lipinski definition) is 0. The molecule has 1 fully saturated rings. The number of amides is 1. The molecule has 0 spiro atoms. The molecule has 0 atom stereocenters. The van der Waals surface area contributed by atoms with Gasteiger partial charge in [0.15, 0.2) is 11.5 Å². The van der Waals surface area contributed by atoms with Crippen LogP contribution in [-0.4, -0.2) is 70.3 Å². The summed E-state index contributed by atoms with van der Waals surface area (Å²) in [5.41, 5.74) is 0.500. The summed E-state index contributed by atoms with van der Waals surface area (Å²) in [7, 11) is 6.70. The molecule has 0 radical (unpaired) electrons. The molecule has 21 heavy (non-hydrogen) atoms. The molecule has 0 aromatic heterocycles. The van der Waals surface area contributed by atoms with Crippen LogP contribution in [0.3, 0.4) is 0 Å². The van der Waals surface area contributed by atoms with E-state index < -0.39 is 0 Å². The summed E-state index contributed by atoms with van der Waals surface area (Å²) in [6, 6.07) is 3.36. The van der Waals surface area contributed by atoms with Crippen molar-refractivity contribution >= 4 is 5.91 Å². The molecule has 116 valence electrons. The highest BCUT2D eigenvalue weighted by atomic mass is 16.5. The highest BCUT2D eigenvalue weighted by Gasteiger charge is 2.24. The number of methoxy groups -OCH3 is 3. The zero-order valence-electron chi connectivity index (χ0n) is 13.0. The fourth-order valence-electron chi connectivity index (χ4n) is 2.38. The van der Waals surface area contributed by atoms with Gasteiger partial charge in [0.1, 0.15) is 5.75 Å². The van der Waals surface area contributed by atoms with Crippen molar-refractivity contribution in [2.24, 2.45) is 0 Å². The molecule has 0 N–H and O–H groups in total. The third kappa shape index (κ3) is 3.21. The number of ether oxygens (including phenoxy) is 3. The molecule has 0 aliphatic carbocycles. The zero-order valence-corrected chi connectivity index (χ0v) is 13.0. The maximum absolute atomic E-state index is 12.7. The zero-order chi connectivity index (χ0) is 15.4. The Morgan fingerprint density at radius 1 is 0.905 bits per heavy atom. The molecule has 2 rings (SSSR count). The molecule has 0 saturated carbocycles. The molecule has 1 aliphatic rings. The predicted octanol–water partition coefficient (Wildman–Crippen LogP) is 1.10. The minimum atomic E-state index is -0.0408. The number of likely N-dealkylation sites (N-methyl/N-ethyl adjacent to an activating group) is 1. The van der Waals surface area contributed by atoms with E-state index in [0.29, 0.717) is 35.9 Å². The lowest BCUT2D eigenvalue weighted by molar-refractivity contribution is 0.0660. The van der Waals surface area contributed by atoms with E-state index in [4.69, 9.17) is 14.2 Å². The number of rotatable bonds is 4. The molecule has 1 aromatic carbocycles. The van der Waals surface area contributed by atoms with Gasteiger partial charge in [0, 0.05) is 38.3 Å². The van der Waals surface area contributed by atoms with Crippen LogP contribution >= 0.6 is 0 Å². The maximum atomic E-state index is 12.7. The van der Waals surface area contributed by atoms with Crippen LogP contribution in [0.25, 0.3) is 0 Å². The number of piperazine rings is 1. The Morgan fingerprint density at radius 2 is 1.43 bits per heavy atom. The average Bonchev–Trinajstić information content (AvgIpc) is 2.53. The van der Waals surface area contributed by atoms with Gasteiger partial charge < -0.3 is 24.0 Å². The lowest BCUT2D eigenvalue weighted by atomic mass is 10.1. The van der Waals surface area contributed by atoms with Crippen LogP contribution in [-0.2, 0) is 0 Å². The van der Waals surface area contributed by atoms with Gasteiger partial charge in [-0.15, -0.1) is 0 Å². The summed E-state index contributed by atoms with van der Waals surface area (Å²) >= 11 is 0. The Labute approximate surface area is 125 Å². The molecule has 1 saturated heterocycles. The smallest absolute Gasteiger partial charge is 0.257 e. The summed E-state index contributed by atoms with van der Waals surface area (Å²) in [6.45, 7) is 3.18. The normalized spacial score (nSPS) is 15.7. The second-order valence-electron chi connectivity index (χ2n) is 5.00. The third-order valence-corrected chi connectivity index (χ3v) is 3.73. The van der Waals surface area contributed by atoms with Crippen LogP contribution < -0.4 is 14.2 Å². The monoisotopic (exact) mass is 294 g/mol. The van der Waals surface area contributed by atoms with Crippen molar-refractivity contribution in [1.82, 2.24) is 9.80 Å². The quantitative estimate of drug-likeness (QED) is 0.832. The second-order valence-corrected chi connectivity index (χ2v) is 5.00. The Bertz CT molecular complexity index is 511. The lowest BCUT2D eigenvalue weighted by Gasteiger charge is -2.32. The van der Waals surface area contributed by atoms with E-state index in [1.807, 2.05) is 4.90 Å². The van der Waals surface area contributed by atoms with Crippen LogP contribution in [0.1, 0.15) is 10.4 Å². The van der Waals surface area contributed by atoms with Gasteiger partial charge >= 0.3 is 0 Å². The topological polar surface area (TPSA) is 51.2 Å². The van der Waals surface area contributed by atoms with Crippen LogP contribution in [0, 0.1) is 0 Å². The Morgan fingerprint density at radius 3 is 1.95 bits per heavy atom. The molecule has 0 bridgehead atoms. The molecule has 0 unspecified atom stereocenters. The number of benzene rings is 1. The van der Waals surface area contributed by atoms with Gasteiger partial charge in [-0.25, -0.2) is 0 Å². The van der Waals surface area contributed by atoms with Gasteiger partial charge in [0.2, 0.25) is 0 Å². The first-order valence-electron chi connectivity index (χ1n) is 6.88. The largest absolute Gasteiger partial charge is 0.496 e. The van der Waals surface area contributed by atoms with Crippen LogP contribution in [0.15, 0.2) is 12.1 Å². The summed E-state index contributed by atoms with van der Waals surface area (Å²) in [5.74, 6) is 1.53. The summed E-state index contributed by atoms with van der Waals surface area (Å²) in [4.78, 5) is 16.7. The van der Waals surface area contributed by atoms with Gasteiger partial charge in [0.05, 0.1) is 26.9 Å². The van der Waals surface area contributed by atoms with Crippen molar-refractivity contribution < 1.29 is 19.0 Å². The van der Waals surface area contributed by atoms with E-state index in [1.54, 1.807) is 33.5 Å². The third-order valence-electron chi connectivity index (χ3n) is 3.73. The minimum Gasteiger partial charge on any atom is -0.496 e. The maximum Gasteiger partial charge on any atom is 0.257 e. The average molecular weight is 294 g/mol. The minimum absolute atomic E-state index is 0.0408. The first-order chi connectivity index (χ1) is 10.1. The number of nitrogens with zero attached hydrogens (tertiary/aromatic N) is 2. The number of carbonyl (C=O) groups excluding carboxylic acids is 1. The van der Waals surface area contributed by atoms with Crippen molar-refractivity contribution in [1.29, 1.82) is 0 Å². The Balaban J connectivity index is 2.31. The van der Waals surface area contributed by atoms with E-state index in [-0.39, 0.29) is 5.91 Å². The summed E-state index contributed by atoms with van der Waals surface area (Å²) in [6.07, 6.45) is 0. The molecular weight excluding hydrogens is 272 g/mol. The second kappa shape index (κ2) is 6.67. The van der Waals surface area contributed by atoms with Crippen molar-refractivity contribution in [3.8, 4) is 17.2 Å². The molecule has 1 aromatic rings. The van der Waals surface area contributed by atoms with Crippen LogP contribution in [0.4, 0.5) is 0 Å². The van der Waals surface area contributed by atoms with Gasteiger partial charge in [-0.3, -0.25) is 4.79 Å². The van der Waals surface area contributed by atoms with Gasteiger partial charge in [-0.1, -0.05) is 0 Å². The summed E-state index contributed by atoms with van der Waals surface area (Å²) in [5, 5.41) is 0. The van der Waals surface area contributed by atoms with Crippen molar-refractivity contribution in [2.75, 3.05) is 54.6 Å². The molecule has 1 heterocycles. The van der Waals surface area contributed by atoms with Crippen molar-refractivity contribution in [3.05, 3.63) is 17.7 Å². The van der Waals surface area contributed by atoms with Crippen LogP contribution in [0.5, 0.6) is 17.2 Å². The Hall–Kier alpha value is -1.95. The molecular formula is C15H22N2O4. The first kappa shape index (κ1) is 15.4. The number of carbonyl (C=O) groups is 1. The van der Waals surface area contributed by atoms with E-state index in [1.165, 1.54) is 0 Å². The summed E-state index contributed by atoms with van der Waals surface area (Å²) < 4.78 is 15.8.